The van der Waals surface area contributed by atoms with Crippen LogP contribution in [0.1, 0.15) is 70.4 Å². The lowest BCUT2D eigenvalue weighted by Crippen LogP contribution is -2.32. The lowest BCUT2D eigenvalue weighted by molar-refractivity contribution is -0.646. The number of aryl methyl sites for hydroxylation is 2. The van der Waals surface area contributed by atoms with Crippen LogP contribution < -0.4 is 19.3 Å². The smallest absolute Gasteiger partial charge is 0.339 e. The number of benzene rings is 8. The Kier molecular flexibility index (Phi) is 16.0. The van der Waals surface area contributed by atoms with E-state index < -0.39 is 23.4 Å². The quantitative estimate of drug-likeness (QED) is 0.0577. The Morgan fingerprint density at radius 1 is 0.649 bits per heavy atom. The molecule has 8 aromatic carbocycles. The summed E-state index contributed by atoms with van der Waals surface area (Å²) >= 11 is 0. The van der Waals surface area contributed by atoms with Crippen LogP contribution in [-0.4, -0.2) is 69.0 Å². The van der Waals surface area contributed by atoms with Gasteiger partial charge < -0.3 is 44.8 Å². The minimum Gasteiger partial charge on any atom is -0.872 e. The number of ether oxygens (including phenoxy) is 1. The maximum Gasteiger partial charge on any atom is 0.339 e. The standard InChI is InChI=1S/C26H28N3.C23H16O6.C15H14O4/c1-19-17-21(20(2)29(19)24-9-7-6-8-10-24)11-13-23-14-12-22-18-25(27(3)4)15-16-26(22)28(23)5;24-20-16(14-7-3-1-5-12(14)9-18(20)22(26)27)11-17-15-8-4-2-6-13(15)10-19(21(17)25)23(28)29;1-19-12-5-2-10(3-6-12)8-14(17)13-7-4-11(16)9-15(13)18/h6-18H,1-5H3;1-10,24-25H,11H2,(H,26,27)(H,28,29);2-7,9,16,18H,8H2,1H3/q+1;;/p-1. The van der Waals surface area contributed by atoms with E-state index in [9.17, 15) is 45.0 Å². The summed E-state index contributed by atoms with van der Waals surface area (Å²) in [6, 6.07) is 51.4. The number of para-hydroxylation sites is 1. The van der Waals surface area contributed by atoms with Gasteiger partial charge in [0.15, 0.2) is 5.78 Å². The normalized spacial score (nSPS) is 11.0. The van der Waals surface area contributed by atoms with Crippen LogP contribution in [0.25, 0.3) is 50.3 Å². The Bertz CT molecular complexity index is 3780. The number of nitrogens with zero attached hydrogens (tertiary/aromatic N) is 3. The third-order valence-corrected chi connectivity index (χ3v) is 13.5. The third kappa shape index (κ3) is 11.7. The highest BCUT2D eigenvalue weighted by atomic mass is 16.5. The van der Waals surface area contributed by atoms with Crippen molar-refractivity contribution in [2.75, 3.05) is 26.1 Å². The Balaban J connectivity index is 0.000000157. The first-order chi connectivity index (χ1) is 36.9. The highest BCUT2D eigenvalue weighted by molar-refractivity contribution is 6.03. The monoisotopic (exact) mass is 1030 g/mol. The van der Waals surface area contributed by atoms with Crippen molar-refractivity contribution in [1.82, 2.24) is 4.57 Å². The summed E-state index contributed by atoms with van der Waals surface area (Å²) in [6.07, 6.45) is 4.50. The van der Waals surface area contributed by atoms with Crippen molar-refractivity contribution in [3.8, 4) is 34.4 Å². The number of aromatic carboxylic acids is 2. The van der Waals surface area contributed by atoms with Crippen LogP contribution in [0.3, 0.4) is 0 Å². The highest BCUT2D eigenvalue weighted by Gasteiger charge is 2.21. The van der Waals surface area contributed by atoms with Gasteiger partial charge in [-0.05, 0) is 131 Å². The summed E-state index contributed by atoms with van der Waals surface area (Å²) in [4.78, 5) is 37.3. The number of anilines is 1. The SMILES string of the molecule is COc1ccc(CC(=O)c2ccc(O)cc2O)cc1.Cc1cc(C=Cc2ccc3cc(N(C)C)ccc3[n+]2C)c(C)n1-c1ccccc1.O=C(O)c1cc2ccccc2c(Cc2c(O)c(C(=O)O)cc3ccccc23)c1[O-]. The zero-order valence-electron chi connectivity index (χ0n) is 43.4. The Morgan fingerprint density at radius 3 is 1.90 bits per heavy atom. The molecular formula is C64H57N3O10. The average molecular weight is 1030 g/mol. The number of ketones is 1. The van der Waals surface area contributed by atoms with Gasteiger partial charge in [0, 0.05) is 84.9 Å². The van der Waals surface area contributed by atoms with Gasteiger partial charge in [-0.25, -0.2) is 9.59 Å². The first-order valence-corrected chi connectivity index (χ1v) is 24.6. The molecule has 77 heavy (non-hydrogen) atoms. The summed E-state index contributed by atoms with van der Waals surface area (Å²) in [5.74, 6) is -3.47. The zero-order valence-corrected chi connectivity index (χ0v) is 43.4. The van der Waals surface area contributed by atoms with Crippen LogP contribution in [-0.2, 0) is 19.9 Å². The van der Waals surface area contributed by atoms with E-state index in [4.69, 9.17) is 4.74 Å². The topological polar surface area (TPSA) is 197 Å². The van der Waals surface area contributed by atoms with Gasteiger partial charge in [-0.3, -0.25) is 4.79 Å². The van der Waals surface area contributed by atoms with Crippen LogP contribution in [0.15, 0.2) is 170 Å². The Morgan fingerprint density at radius 2 is 1.27 bits per heavy atom. The molecule has 13 nitrogen and oxygen atoms in total. The van der Waals surface area contributed by atoms with E-state index in [1.54, 1.807) is 79.9 Å². The van der Waals surface area contributed by atoms with Crippen molar-refractivity contribution in [1.29, 1.82) is 0 Å². The minimum atomic E-state index is -1.34. The van der Waals surface area contributed by atoms with Gasteiger partial charge in [-0.1, -0.05) is 84.6 Å². The first-order valence-electron chi connectivity index (χ1n) is 24.6. The number of methoxy groups -OCH3 is 1. The van der Waals surface area contributed by atoms with Crippen molar-refractivity contribution < 1.29 is 54.3 Å². The van der Waals surface area contributed by atoms with E-state index in [2.05, 4.69) is 128 Å². The molecule has 0 spiro atoms. The van der Waals surface area contributed by atoms with E-state index in [-0.39, 0.29) is 57.9 Å². The van der Waals surface area contributed by atoms with Crippen LogP contribution in [0.4, 0.5) is 5.69 Å². The number of carboxylic acids is 2. The van der Waals surface area contributed by atoms with Crippen LogP contribution in [0.2, 0.25) is 0 Å². The van der Waals surface area contributed by atoms with E-state index in [0.29, 0.717) is 21.5 Å². The summed E-state index contributed by atoms with van der Waals surface area (Å²) in [7, 11) is 7.85. The molecule has 0 fully saturated rings. The second-order valence-electron chi connectivity index (χ2n) is 18.6. The molecule has 0 saturated heterocycles. The predicted molar refractivity (Wildman–Crippen MR) is 300 cm³/mol. The number of carbonyl (C=O) groups excluding carboxylic acids is 1. The second kappa shape index (κ2) is 23.1. The van der Waals surface area contributed by atoms with Crippen LogP contribution in [0.5, 0.6) is 28.7 Å². The number of fused-ring (bicyclic) bond motifs is 3. The number of rotatable bonds is 12. The second-order valence-corrected chi connectivity index (χ2v) is 18.6. The van der Waals surface area contributed by atoms with Crippen molar-refractivity contribution in [2.45, 2.75) is 26.7 Å². The van der Waals surface area contributed by atoms with Gasteiger partial charge in [-0.15, -0.1) is 0 Å². The van der Waals surface area contributed by atoms with Gasteiger partial charge >= 0.3 is 11.9 Å². The van der Waals surface area contributed by atoms with Crippen molar-refractivity contribution in [2.24, 2.45) is 7.05 Å². The number of phenols is 3. The summed E-state index contributed by atoms with van der Waals surface area (Å²) in [5.41, 5.74) is 9.43. The fraction of sp³-hybridized carbons (Fsp3) is 0.125. The fourth-order valence-electron chi connectivity index (χ4n) is 9.41. The number of carbonyl (C=O) groups is 3. The fourth-order valence-corrected chi connectivity index (χ4v) is 9.41. The van der Waals surface area contributed by atoms with E-state index in [1.165, 1.54) is 69.2 Å². The molecule has 5 N–H and O–H groups in total. The molecule has 13 heteroatoms. The number of aromatic hydroxyl groups is 3. The predicted octanol–water partition coefficient (Wildman–Crippen LogP) is 11.6. The largest absolute Gasteiger partial charge is 0.872 e. The average Bonchev–Trinajstić information content (AvgIpc) is 3.71. The molecule has 0 aliphatic carbocycles. The number of hydrogen-bond acceptors (Lipinski definition) is 9. The van der Waals surface area contributed by atoms with Gasteiger partial charge in [0.25, 0.3) is 0 Å². The molecule has 0 aliphatic heterocycles. The molecule has 0 atom stereocenters. The highest BCUT2D eigenvalue weighted by Crippen LogP contribution is 2.38. The molecule has 0 saturated carbocycles. The minimum absolute atomic E-state index is 0.0708. The number of phenolic OH excluding ortho intramolecular Hbond substituents is 2. The van der Waals surface area contributed by atoms with E-state index >= 15 is 0 Å². The molecule has 10 aromatic rings. The van der Waals surface area contributed by atoms with Gasteiger partial charge in [-0.2, -0.15) is 4.57 Å². The van der Waals surface area contributed by atoms with E-state index in [1.807, 2.05) is 0 Å². The maximum atomic E-state index is 12.9. The molecular weight excluding hydrogens is 971 g/mol. The molecule has 2 heterocycles. The Hall–Kier alpha value is -9.88. The number of carboxylic acid groups (broad SMARTS) is 2. The van der Waals surface area contributed by atoms with Gasteiger partial charge in [0.1, 0.15) is 35.6 Å². The number of hydrogen-bond donors (Lipinski definition) is 5. The number of Topliss-reactive ketones (excluding diaryl/α,β-unsaturated/α-hetero) is 1. The molecule has 0 amide bonds. The number of aromatic nitrogens is 2. The van der Waals surface area contributed by atoms with Gasteiger partial charge in [0.2, 0.25) is 11.2 Å². The number of pyridine rings is 1. The molecule has 0 radical (unpaired) electrons. The van der Waals surface area contributed by atoms with Crippen molar-refractivity contribution >= 4 is 68.0 Å². The molecule has 2 aromatic heterocycles. The maximum absolute atomic E-state index is 12.9. The molecule has 0 unspecified atom stereocenters. The lowest BCUT2D eigenvalue weighted by Gasteiger charge is -2.21. The summed E-state index contributed by atoms with van der Waals surface area (Å²) in [5, 5.41) is 64.9. The Labute approximate surface area is 445 Å². The third-order valence-electron chi connectivity index (χ3n) is 13.5. The molecule has 0 aliphatic rings. The molecule has 388 valence electrons. The summed E-state index contributed by atoms with van der Waals surface area (Å²) in [6.45, 7) is 4.35. The van der Waals surface area contributed by atoms with Crippen LogP contribution in [0, 0.1) is 13.8 Å². The lowest BCUT2D eigenvalue weighted by atomic mass is 9.90. The summed E-state index contributed by atoms with van der Waals surface area (Å²) < 4.78 is 9.60. The zero-order chi connectivity index (χ0) is 55.1. The van der Waals surface area contributed by atoms with Gasteiger partial charge in [0.05, 0.1) is 18.2 Å². The van der Waals surface area contributed by atoms with Crippen molar-refractivity contribution in [3.63, 3.8) is 0 Å². The van der Waals surface area contributed by atoms with E-state index in [0.717, 1.165) is 17.4 Å². The molecule has 0 bridgehead atoms. The van der Waals surface area contributed by atoms with Crippen LogP contribution >= 0.6 is 0 Å². The van der Waals surface area contributed by atoms with Crippen molar-refractivity contribution in [3.05, 3.63) is 226 Å². The molecule has 10 rings (SSSR count). The first kappa shape index (κ1) is 53.4.